The summed E-state index contributed by atoms with van der Waals surface area (Å²) in [6.45, 7) is 0. The standard InChI is InChI=1S/C10H20OS2/c1-3-7-12(8-4-1)11-13-9-5-2-6-10-13/h1-10H2/q+2. The Morgan fingerprint density at radius 3 is 1.31 bits per heavy atom. The van der Waals surface area contributed by atoms with E-state index in [2.05, 4.69) is 0 Å². The first-order valence-electron chi connectivity index (χ1n) is 5.49. The highest BCUT2D eigenvalue weighted by molar-refractivity contribution is 8.05. The Hall–Kier alpha value is 0.660. The minimum absolute atomic E-state index is 0.370. The van der Waals surface area contributed by atoms with Crippen LogP contribution in [0, 0.1) is 0 Å². The van der Waals surface area contributed by atoms with Crippen molar-refractivity contribution in [1.82, 2.24) is 0 Å². The Labute approximate surface area is 87.7 Å². The molecule has 0 spiro atoms. The van der Waals surface area contributed by atoms with Crippen LogP contribution in [0.3, 0.4) is 0 Å². The van der Waals surface area contributed by atoms with Crippen molar-refractivity contribution in [1.29, 1.82) is 0 Å². The highest BCUT2D eigenvalue weighted by Gasteiger charge is 2.36. The quantitative estimate of drug-likeness (QED) is 0.650. The van der Waals surface area contributed by atoms with Crippen LogP contribution in [0.5, 0.6) is 0 Å². The minimum atomic E-state index is 0.370. The van der Waals surface area contributed by atoms with Crippen LogP contribution >= 0.6 is 0 Å². The topological polar surface area (TPSA) is 9.23 Å². The Kier molecular flexibility index (Phi) is 4.32. The molecule has 0 N–H and O–H groups in total. The summed E-state index contributed by atoms with van der Waals surface area (Å²) in [5.74, 6) is 5.46. The number of hydrogen-bond acceptors (Lipinski definition) is 1. The van der Waals surface area contributed by atoms with Crippen molar-refractivity contribution in [3.05, 3.63) is 0 Å². The van der Waals surface area contributed by atoms with E-state index >= 15 is 0 Å². The van der Waals surface area contributed by atoms with Crippen LogP contribution in [-0.4, -0.2) is 23.0 Å². The van der Waals surface area contributed by atoms with E-state index in [4.69, 9.17) is 3.63 Å². The zero-order valence-corrected chi connectivity index (χ0v) is 9.93. The van der Waals surface area contributed by atoms with Gasteiger partial charge in [-0.25, -0.2) is 0 Å². The van der Waals surface area contributed by atoms with Gasteiger partial charge in [-0.2, -0.15) is 0 Å². The highest BCUT2D eigenvalue weighted by Crippen LogP contribution is 2.22. The van der Waals surface area contributed by atoms with Gasteiger partial charge in [0.05, 0.1) is 0 Å². The van der Waals surface area contributed by atoms with Crippen LogP contribution in [0.4, 0.5) is 0 Å². The SMILES string of the molecule is C1CC[S+](O[S+]2CCCCC2)CC1. The lowest BCUT2D eigenvalue weighted by Gasteiger charge is -2.13. The Balaban J connectivity index is 1.69. The molecule has 0 bridgehead atoms. The zero-order chi connectivity index (χ0) is 8.93. The molecule has 2 saturated heterocycles. The molecule has 0 saturated carbocycles. The third-order valence-electron chi connectivity index (χ3n) is 2.68. The van der Waals surface area contributed by atoms with Crippen molar-refractivity contribution in [2.24, 2.45) is 0 Å². The van der Waals surface area contributed by atoms with Crippen molar-refractivity contribution < 1.29 is 3.63 Å². The summed E-state index contributed by atoms with van der Waals surface area (Å²) >= 11 is 0.740. The summed E-state index contributed by atoms with van der Waals surface area (Å²) in [6.07, 6.45) is 8.56. The largest absolute Gasteiger partial charge is 0.207 e. The zero-order valence-electron chi connectivity index (χ0n) is 8.30. The average Bonchev–Trinajstić information content (AvgIpc) is 2.21. The molecule has 2 fully saturated rings. The van der Waals surface area contributed by atoms with Crippen LogP contribution in [0.2, 0.25) is 0 Å². The number of hydrogen-bond donors (Lipinski definition) is 0. The van der Waals surface area contributed by atoms with Crippen molar-refractivity contribution in [2.45, 2.75) is 38.5 Å². The molecule has 3 heteroatoms. The van der Waals surface area contributed by atoms with E-state index in [-0.39, 0.29) is 0 Å². The molecule has 2 aliphatic heterocycles. The van der Waals surface area contributed by atoms with Gasteiger partial charge >= 0.3 is 0 Å². The third kappa shape index (κ3) is 3.37. The van der Waals surface area contributed by atoms with E-state index in [1.807, 2.05) is 0 Å². The Morgan fingerprint density at radius 1 is 0.538 bits per heavy atom. The van der Waals surface area contributed by atoms with Crippen LogP contribution in [0.15, 0.2) is 0 Å². The van der Waals surface area contributed by atoms with E-state index in [1.54, 1.807) is 0 Å². The molecule has 76 valence electrons. The van der Waals surface area contributed by atoms with Gasteiger partial charge < -0.3 is 0 Å². The monoisotopic (exact) mass is 220 g/mol. The lowest BCUT2D eigenvalue weighted by atomic mass is 10.3. The summed E-state index contributed by atoms with van der Waals surface area (Å²) in [5.41, 5.74) is 0. The maximum absolute atomic E-state index is 6.19. The average molecular weight is 220 g/mol. The molecule has 2 rings (SSSR count). The fourth-order valence-electron chi connectivity index (χ4n) is 1.88. The summed E-state index contributed by atoms with van der Waals surface area (Å²) in [4.78, 5) is 0. The predicted molar refractivity (Wildman–Crippen MR) is 63.0 cm³/mol. The second kappa shape index (κ2) is 5.52. The molecule has 0 radical (unpaired) electrons. The minimum Gasteiger partial charge on any atom is -0.0441 e. The molecule has 2 heterocycles. The summed E-state index contributed by atoms with van der Waals surface area (Å²) in [5, 5.41) is 0. The van der Waals surface area contributed by atoms with Gasteiger partial charge in [-0.1, -0.05) is 0 Å². The molecule has 0 unspecified atom stereocenters. The number of rotatable bonds is 2. The smallest absolute Gasteiger partial charge is 0.0441 e. The van der Waals surface area contributed by atoms with Gasteiger partial charge in [-0.3, -0.25) is 0 Å². The molecule has 0 amide bonds. The van der Waals surface area contributed by atoms with Crippen molar-refractivity contribution in [2.75, 3.05) is 23.0 Å². The molecule has 0 aromatic carbocycles. The van der Waals surface area contributed by atoms with E-state index in [1.165, 1.54) is 61.5 Å². The molecule has 13 heavy (non-hydrogen) atoms. The molecule has 1 nitrogen and oxygen atoms in total. The van der Waals surface area contributed by atoms with E-state index in [0.717, 1.165) is 0 Å². The van der Waals surface area contributed by atoms with Gasteiger partial charge in [-0.15, -0.1) is 0 Å². The fourth-order valence-corrected chi connectivity index (χ4v) is 6.57. The summed E-state index contributed by atoms with van der Waals surface area (Å²) in [6, 6.07) is 0. The van der Waals surface area contributed by atoms with Crippen LogP contribution in [0.25, 0.3) is 0 Å². The molecule has 0 atom stereocenters. The Bertz CT molecular complexity index is 124. The first kappa shape index (κ1) is 10.2. The first-order chi connectivity index (χ1) is 6.45. The fraction of sp³-hybridized carbons (Fsp3) is 1.00. The lowest BCUT2D eigenvalue weighted by molar-refractivity contribution is 0.634. The van der Waals surface area contributed by atoms with Crippen molar-refractivity contribution in [3.63, 3.8) is 0 Å². The second-order valence-electron chi connectivity index (χ2n) is 3.89. The van der Waals surface area contributed by atoms with Gasteiger partial charge in [0.1, 0.15) is 23.0 Å². The van der Waals surface area contributed by atoms with Crippen LogP contribution in [-0.2, 0) is 26.0 Å². The van der Waals surface area contributed by atoms with Gasteiger partial charge in [0, 0.05) is 3.63 Å². The maximum Gasteiger partial charge on any atom is 0.207 e. The Morgan fingerprint density at radius 2 is 0.923 bits per heavy atom. The maximum atomic E-state index is 6.19. The molecular weight excluding hydrogens is 200 g/mol. The van der Waals surface area contributed by atoms with Crippen LogP contribution in [0.1, 0.15) is 38.5 Å². The summed E-state index contributed by atoms with van der Waals surface area (Å²) in [7, 11) is 0. The van der Waals surface area contributed by atoms with E-state index < -0.39 is 0 Å². The molecule has 0 aliphatic carbocycles. The highest BCUT2D eigenvalue weighted by atomic mass is 32.3. The molecule has 0 aromatic heterocycles. The normalized spacial score (nSPS) is 27.7. The van der Waals surface area contributed by atoms with Crippen molar-refractivity contribution >= 4 is 22.4 Å². The van der Waals surface area contributed by atoms with Crippen molar-refractivity contribution in [3.8, 4) is 0 Å². The molecule has 0 aromatic rings. The van der Waals surface area contributed by atoms with E-state index in [9.17, 15) is 0 Å². The third-order valence-corrected chi connectivity index (χ3v) is 7.20. The summed E-state index contributed by atoms with van der Waals surface area (Å²) < 4.78 is 6.19. The first-order valence-corrected chi connectivity index (χ1v) is 8.46. The van der Waals surface area contributed by atoms with E-state index in [0.29, 0.717) is 22.4 Å². The molecular formula is C10H20OS2+2. The molecule has 2 aliphatic rings. The van der Waals surface area contributed by atoms with Gasteiger partial charge in [0.25, 0.3) is 0 Å². The van der Waals surface area contributed by atoms with Gasteiger partial charge in [-0.05, 0) is 38.5 Å². The van der Waals surface area contributed by atoms with Gasteiger partial charge in [0.15, 0.2) is 0 Å². The lowest BCUT2D eigenvalue weighted by Crippen LogP contribution is -2.28. The second-order valence-corrected chi connectivity index (χ2v) is 7.82. The van der Waals surface area contributed by atoms with Crippen LogP contribution < -0.4 is 0 Å². The predicted octanol–water partition coefficient (Wildman–Crippen LogP) is 2.44. The van der Waals surface area contributed by atoms with Gasteiger partial charge in [0.2, 0.25) is 22.4 Å².